The standard InChI is InChI=1S/C23H25NO4S/c1-4-21(18-12-14-19(15-13-18)29(3,26)27)24-23(25)16(2)28-22-11-7-9-17-8-5-6-10-20(17)22/h5-16,21H,4H2,1-3H3,(H,24,25)/t16-,21+/m1/s1. The predicted octanol–water partition coefficient (Wildman–Crippen LogP) is 4.28. The van der Waals surface area contributed by atoms with E-state index in [1.807, 2.05) is 49.4 Å². The van der Waals surface area contributed by atoms with Crippen LogP contribution in [0.25, 0.3) is 10.8 Å². The normalized spacial score (nSPS) is 13.6. The minimum atomic E-state index is -3.25. The molecule has 0 heterocycles. The Kier molecular flexibility index (Phi) is 6.23. The lowest BCUT2D eigenvalue weighted by Gasteiger charge is -2.21. The van der Waals surface area contributed by atoms with Crippen molar-refractivity contribution in [3.8, 4) is 5.75 Å². The monoisotopic (exact) mass is 411 g/mol. The third-order valence-corrected chi connectivity index (χ3v) is 5.99. The van der Waals surface area contributed by atoms with Crippen molar-refractivity contribution < 1.29 is 17.9 Å². The number of nitrogens with one attached hydrogen (secondary N) is 1. The molecule has 1 amide bonds. The molecular formula is C23H25NO4S. The third-order valence-electron chi connectivity index (χ3n) is 4.86. The zero-order valence-corrected chi connectivity index (χ0v) is 17.6. The van der Waals surface area contributed by atoms with Crippen molar-refractivity contribution in [1.29, 1.82) is 0 Å². The molecule has 0 aliphatic heterocycles. The molecule has 0 fully saturated rings. The largest absolute Gasteiger partial charge is 0.480 e. The Labute approximate surface area is 171 Å². The van der Waals surface area contributed by atoms with Gasteiger partial charge in [0.15, 0.2) is 15.9 Å². The topological polar surface area (TPSA) is 72.5 Å². The number of sulfone groups is 1. The molecule has 0 spiro atoms. The Hall–Kier alpha value is -2.86. The number of ether oxygens (including phenoxy) is 1. The van der Waals surface area contributed by atoms with Crippen LogP contribution in [0.2, 0.25) is 0 Å². The second-order valence-corrected chi connectivity index (χ2v) is 9.06. The molecule has 3 rings (SSSR count). The number of carbonyl (C=O) groups excluding carboxylic acids is 1. The van der Waals surface area contributed by atoms with Gasteiger partial charge in [0.05, 0.1) is 10.9 Å². The predicted molar refractivity (Wildman–Crippen MR) is 115 cm³/mol. The average molecular weight is 412 g/mol. The Bertz CT molecular complexity index is 1100. The molecular weight excluding hydrogens is 386 g/mol. The third kappa shape index (κ3) is 4.95. The fourth-order valence-corrected chi connectivity index (χ4v) is 3.83. The van der Waals surface area contributed by atoms with Crippen LogP contribution >= 0.6 is 0 Å². The number of hydrogen-bond donors (Lipinski definition) is 1. The van der Waals surface area contributed by atoms with E-state index in [2.05, 4.69) is 5.32 Å². The molecule has 0 bridgehead atoms. The highest BCUT2D eigenvalue weighted by atomic mass is 32.2. The van der Waals surface area contributed by atoms with Gasteiger partial charge in [-0.2, -0.15) is 0 Å². The van der Waals surface area contributed by atoms with Crippen molar-refractivity contribution in [2.75, 3.05) is 6.26 Å². The Morgan fingerprint density at radius 1 is 1.00 bits per heavy atom. The van der Waals surface area contributed by atoms with Crippen molar-refractivity contribution in [3.63, 3.8) is 0 Å². The van der Waals surface area contributed by atoms with E-state index >= 15 is 0 Å². The summed E-state index contributed by atoms with van der Waals surface area (Å²) in [5.74, 6) is 0.438. The van der Waals surface area contributed by atoms with Crippen LogP contribution in [0.1, 0.15) is 31.9 Å². The van der Waals surface area contributed by atoms with Crippen LogP contribution in [-0.2, 0) is 14.6 Å². The van der Waals surface area contributed by atoms with Gasteiger partial charge in [-0.05, 0) is 42.5 Å². The van der Waals surface area contributed by atoms with Crippen molar-refractivity contribution in [2.45, 2.75) is 37.3 Å². The summed E-state index contributed by atoms with van der Waals surface area (Å²) >= 11 is 0. The number of amides is 1. The van der Waals surface area contributed by atoms with Gasteiger partial charge in [0.2, 0.25) is 0 Å². The maximum absolute atomic E-state index is 12.7. The quantitative estimate of drug-likeness (QED) is 0.630. The van der Waals surface area contributed by atoms with Gasteiger partial charge in [0.1, 0.15) is 5.75 Å². The molecule has 0 aliphatic carbocycles. The molecule has 6 heteroatoms. The van der Waals surface area contributed by atoms with Gasteiger partial charge in [-0.3, -0.25) is 4.79 Å². The van der Waals surface area contributed by atoms with E-state index in [1.165, 1.54) is 6.26 Å². The van der Waals surface area contributed by atoms with Crippen molar-refractivity contribution in [3.05, 3.63) is 72.3 Å². The van der Waals surface area contributed by atoms with Gasteiger partial charge in [-0.25, -0.2) is 8.42 Å². The van der Waals surface area contributed by atoms with Crippen LogP contribution in [0.15, 0.2) is 71.6 Å². The van der Waals surface area contributed by atoms with Crippen LogP contribution in [0.3, 0.4) is 0 Å². The van der Waals surface area contributed by atoms with E-state index in [0.717, 1.165) is 16.3 Å². The molecule has 0 unspecified atom stereocenters. The van der Waals surface area contributed by atoms with E-state index in [-0.39, 0.29) is 16.8 Å². The van der Waals surface area contributed by atoms with E-state index < -0.39 is 15.9 Å². The Morgan fingerprint density at radius 3 is 2.31 bits per heavy atom. The summed E-state index contributed by atoms with van der Waals surface area (Å²) in [6.07, 6.45) is 1.17. The van der Waals surface area contributed by atoms with Crippen molar-refractivity contribution in [1.82, 2.24) is 5.32 Å². The first-order valence-corrected chi connectivity index (χ1v) is 11.4. The highest BCUT2D eigenvalue weighted by Gasteiger charge is 2.20. The molecule has 3 aromatic carbocycles. The molecule has 0 radical (unpaired) electrons. The van der Waals surface area contributed by atoms with Gasteiger partial charge in [-0.15, -0.1) is 0 Å². The number of fused-ring (bicyclic) bond motifs is 1. The summed E-state index contributed by atoms with van der Waals surface area (Å²) in [6.45, 7) is 3.68. The molecule has 0 aliphatic rings. The Balaban J connectivity index is 1.72. The van der Waals surface area contributed by atoms with Crippen LogP contribution in [-0.4, -0.2) is 26.7 Å². The molecule has 2 atom stereocenters. The Morgan fingerprint density at radius 2 is 1.66 bits per heavy atom. The second-order valence-electron chi connectivity index (χ2n) is 7.05. The van der Waals surface area contributed by atoms with Gasteiger partial charge < -0.3 is 10.1 Å². The van der Waals surface area contributed by atoms with Crippen molar-refractivity contribution >= 4 is 26.5 Å². The van der Waals surface area contributed by atoms with Gasteiger partial charge in [0.25, 0.3) is 5.91 Å². The van der Waals surface area contributed by atoms with Gasteiger partial charge in [0, 0.05) is 11.6 Å². The van der Waals surface area contributed by atoms with Crippen LogP contribution < -0.4 is 10.1 Å². The van der Waals surface area contributed by atoms with Crippen molar-refractivity contribution in [2.24, 2.45) is 0 Å². The minimum absolute atomic E-state index is 0.225. The van der Waals surface area contributed by atoms with E-state index in [1.54, 1.807) is 31.2 Å². The first-order valence-electron chi connectivity index (χ1n) is 9.54. The zero-order valence-electron chi connectivity index (χ0n) is 16.8. The summed E-state index contributed by atoms with van der Waals surface area (Å²) < 4.78 is 29.2. The first kappa shape index (κ1) is 20.9. The van der Waals surface area contributed by atoms with E-state index in [0.29, 0.717) is 12.2 Å². The van der Waals surface area contributed by atoms with Gasteiger partial charge >= 0.3 is 0 Å². The molecule has 0 saturated heterocycles. The van der Waals surface area contributed by atoms with Crippen LogP contribution in [0.5, 0.6) is 5.75 Å². The summed E-state index contributed by atoms with van der Waals surface area (Å²) in [7, 11) is -3.25. The maximum Gasteiger partial charge on any atom is 0.261 e. The number of hydrogen-bond acceptors (Lipinski definition) is 4. The molecule has 152 valence electrons. The fourth-order valence-electron chi connectivity index (χ4n) is 3.20. The number of carbonyl (C=O) groups is 1. The molecule has 5 nitrogen and oxygen atoms in total. The lowest BCUT2D eigenvalue weighted by Crippen LogP contribution is -2.38. The molecule has 0 saturated carbocycles. The van der Waals surface area contributed by atoms with Gasteiger partial charge in [-0.1, -0.05) is 55.5 Å². The lowest BCUT2D eigenvalue weighted by atomic mass is 10.0. The molecule has 3 aromatic rings. The summed E-state index contributed by atoms with van der Waals surface area (Å²) in [5, 5.41) is 5.00. The summed E-state index contributed by atoms with van der Waals surface area (Å²) in [4.78, 5) is 13.0. The number of benzene rings is 3. The van der Waals surface area contributed by atoms with E-state index in [9.17, 15) is 13.2 Å². The molecule has 1 N–H and O–H groups in total. The summed E-state index contributed by atoms with van der Waals surface area (Å²) in [5.41, 5.74) is 0.852. The zero-order chi connectivity index (χ0) is 21.0. The van der Waals surface area contributed by atoms with Crippen LogP contribution in [0, 0.1) is 0 Å². The summed E-state index contributed by atoms with van der Waals surface area (Å²) in [6, 6.07) is 20.0. The number of rotatable bonds is 7. The minimum Gasteiger partial charge on any atom is -0.480 e. The second kappa shape index (κ2) is 8.66. The van der Waals surface area contributed by atoms with Crippen LogP contribution in [0.4, 0.5) is 0 Å². The molecule has 0 aromatic heterocycles. The maximum atomic E-state index is 12.7. The lowest BCUT2D eigenvalue weighted by molar-refractivity contribution is -0.128. The SMILES string of the molecule is CC[C@H](NC(=O)[C@@H](C)Oc1cccc2ccccc12)c1ccc(S(C)(=O)=O)cc1. The fraction of sp³-hybridized carbons (Fsp3) is 0.261. The highest BCUT2D eigenvalue weighted by Crippen LogP contribution is 2.26. The highest BCUT2D eigenvalue weighted by molar-refractivity contribution is 7.90. The van der Waals surface area contributed by atoms with E-state index in [4.69, 9.17) is 4.74 Å². The molecule has 29 heavy (non-hydrogen) atoms. The smallest absolute Gasteiger partial charge is 0.261 e. The average Bonchev–Trinajstić information content (AvgIpc) is 2.71. The first-order chi connectivity index (χ1) is 13.8.